The molecular weight excluding hydrogens is 160 g/mol. The molecule has 1 saturated heterocycles. The van der Waals surface area contributed by atoms with Crippen LogP contribution in [0.5, 0.6) is 0 Å². The van der Waals surface area contributed by atoms with Crippen molar-refractivity contribution in [3.63, 3.8) is 0 Å². The van der Waals surface area contributed by atoms with Gasteiger partial charge in [-0.15, -0.1) is 0 Å². The summed E-state index contributed by atoms with van der Waals surface area (Å²) in [6, 6.07) is 1.33. The lowest BCUT2D eigenvalue weighted by Gasteiger charge is -2.30. The van der Waals surface area contributed by atoms with Crippen LogP contribution in [0.1, 0.15) is 40.0 Å². The largest absolute Gasteiger partial charge is 0.312 e. The molecule has 0 saturated carbocycles. The first-order chi connectivity index (χ1) is 6.20. The monoisotopic (exact) mass is 184 g/mol. The SMILES string of the molecule is CC(C)CNC(C)C1CCCCN1. The van der Waals surface area contributed by atoms with Crippen molar-refractivity contribution in [1.29, 1.82) is 0 Å². The number of nitrogens with one attached hydrogen (secondary N) is 2. The summed E-state index contributed by atoms with van der Waals surface area (Å²) in [7, 11) is 0. The van der Waals surface area contributed by atoms with Gasteiger partial charge in [0.1, 0.15) is 0 Å². The number of hydrogen-bond donors (Lipinski definition) is 2. The standard InChI is InChI=1S/C11H24N2/c1-9(2)8-13-10(3)11-6-4-5-7-12-11/h9-13H,4-8H2,1-3H3. The Morgan fingerprint density at radius 3 is 2.62 bits per heavy atom. The number of rotatable bonds is 4. The average molecular weight is 184 g/mol. The van der Waals surface area contributed by atoms with Gasteiger partial charge in [-0.05, 0) is 38.8 Å². The Labute approximate surface area is 82.5 Å². The van der Waals surface area contributed by atoms with E-state index < -0.39 is 0 Å². The van der Waals surface area contributed by atoms with Crippen molar-refractivity contribution < 1.29 is 0 Å². The van der Waals surface area contributed by atoms with Gasteiger partial charge in [0.15, 0.2) is 0 Å². The van der Waals surface area contributed by atoms with Crippen molar-refractivity contribution in [2.45, 2.75) is 52.1 Å². The number of piperidine rings is 1. The Morgan fingerprint density at radius 2 is 2.08 bits per heavy atom. The molecule has 78 valence electrons. The lowest BCUT2D eigenvalue weighted by Crippen LogP contribution is -2.49. The van der Waals surface area contributed by atoms with Gasteiger partial charge in [0.2, 0.25) is 0 Å². The molecule has 0 spiro atoms. The molecule has 0 amide bonds. The van der Waals surface area contributed by atoms with Gasteiger partial charge in [-0.3, -0.25) is 0 Å². The highest BCUT2D eigenvalue weighted by molar-refractivity contribution is 4.81. The molecule has 13 heavy (non-hydrogen) atoms. The highest BCUT2D eigenvalue weighted by Crippen LogP contribution is 2.10. The Kier molecular flexibility index (Phi) is 4.74. The Hall–Kier alpha value is -0.0800. The summed E-state index contributed by atoms with van der Waals surface area (Å²) in [5, 5.41) is 7.17. The molecule has 1 aliphatic heterocycles. The highest BCUT2D eigenvalue weighted by Gasteiger charge is 2.18. The van der Waals surface area contributed by atoms with Gasteiger partial charge in [0.05, 0.1) is 0 Å². The van der Waals surface area contributed by atoms with Crippen molar-refractivity contribution in [2.75, 3.05) is 13.1 Å². The van der Waals surface area contributed by atoms with Crippen LogP contribution in [-0.4, -0.2) is 25.2 Å². The van der Waals surface area contributed by atoms with Crippen LogP contribution in [0, 0.1) is 5.92 Å². The van der Waals surface area contributed by atoms with Gasteiger partial charge >= 0.3 is 0 Å². The fraction of sp³-hybridized carbons (Fsp3) is 1.00. The first-order valence-corrected chi connectivity index (χ1v) is 5.67. The normalized spacial score (nSPS) is 26.3. The van der Waals surface area contributed by atoms with Crippen LogP contribution in [0.3, 0.4) is 0 Å². The molecule has 0 bridgehead atoms. The smallest absolute Gasteiger partial charge is 0.0218 e. The second-order valence-corrected chi connectivity index (χ2v) is 4.65. The van der Waals surface area contributed by atoms with Gasteiger partial charge in [0, 0.05) is 12.1 Å². The summed E-state index contributed by atoms with van der Waals surface area (Å²) in [6.45, 7) is 9.16. The Balaban J connectivity index is 2.17. The fourth-order valence-electron chi connectivity index (χ4n) is 1.87. The van der Waals surface area contributed by atoms with E-state index in [0.717, 1.165) is 12.5 Å². The predicted octanol–water partition coefficient (Wildman–Crippen LogP) is 1.76. The summed E-state index contributed by atoms with van der Waals surface area (Å²) in [6.07, 6.45) is 4.09. The van der Waals surface area contributed by atoms with E-state index in [1.54, 1.807) is 0 Å². The van der Waals surface area contributed by atoms with Gasteiger partial charge in [0.25, 0.3) is 0 Å². The van der Waals surface area contributed by atoms with E-state index in [0.29, 0.717) is 12.1 Å². The summed E-state index contributed by atoms with van der Waals surface area (Å²) in [5.41, 5.74) is 0. The summed E-state index contributed by atoms with van der Waals surface area (Å²) < 4.78 is 0. The van der Waals surface area contributed by atoms with Crippen molar-refractivity contribution in [3.05, 3.63) is 0 Å². The van der Waals surface area contributed by atoms with Crippen molar-refractivity contribution in [1.82, 2.24) is 10.6 Å². The first-order valence-electron chi connectivity index (χ1n) is 5.67. The lowest BCUT2D eigenvalue weighted by atomic mass is 9.99. The third kappa shape index (κ3) is 4.10. The number of hydrogen-bond acceptors (Lipinski definition) is 2. The van der Waals surface area contributed by atoms with Crippen LogP contribution in [-0.2, 0) is 0 Å². The van der Waals surface area contributed by atoms with Crippen molar-refractivity contribution >= 4 is 0 Å². The molecular formula is C11H24N2. The van der Waals surface area contributed by atoms with E-state index in [1.807, 2.05) is 0 Å². The molecule has 0 aromatic rings. The third-order valence-corrected chi connectivity index (χ3v) is 2.80. The molecule has 0 radical (unpaired) electrons. The van der Waals surface area contributed by atoms with E-state index in [1.165, 1.54) is 25.8 Å². The van der Waals surface area contributed by atoms with Crippen molar-refractivity contribution in [2.24, 2.45) is 5.92 Å². The molecule has 2 heteroatoms. The summed E-state index contributed by atoms with van der Waals surface area (Å²) in [4.78, 5) is 0. The van der Waals surface area contributed by atoms with E-state index in [-0.39, 0.29) is 0 Å². The maximum absolute atomic E-state index is 3.59. The Morgan fingerprint density at radius 1 is 1.31 bits per heavy atom. The highest BCUT2D eigenvalue weighted by atomic mass is 15.0. The first kappa shape index (κ1) is 11.0. The second kappa shape index (κ2) is 5.61. The zero-order valence-electron chi connectivity index (χ0n) is 9.27. The minimum absolute atomic E-state index is 0.627. The zero-order valence-corrected chi connectivity index (χ0v) is 9.27. The van der Waals surface area contributed by atoms with Crippen LogP contribution in [0.4, 0.5) is 0 Å². The topological polar surface area (TPSA) is 24.1 Å². The summed E-state index contributed by atoms with van der Waals surface area (Å²) >= 11 is 0. The maximum Gasteiger partial charge on any atom is 0.0218 e. The molecule has 1 rings (SSSR count). The van der Waals surface area contributed by atoms with Crippen LogP contribution in [0.25, 0.3) is 0 Å². The maximum atomic E-state index is 3.59. The fourth-order valence-corrected chi connectivity index (χ4v) is 1.87. The molecule has 0 aromatic carbocycles. The van der Waals surface area contributed by atoms with E-state index in [2.05, 4.69) is 31.4 Å². The average Bonchev–Trinajstić information content (AvgIpc) is 2.15. The quantitative estimate of drug-likeness (QED) is 0.696. The third-order valence-electron chi connectivity index (χ3n) is 2.80. The van der Waals surface area contributed by atoms with Crippen molar-refractivity contribution in [3.8, 4) is 0 Å². The van der Waals surface area contributed by atoms with Gasteiger partial charge < -0.3 is 10.6 Å². The van der Waals surface area contributed by atoms with Gasteiger partial charge in [-0.1, -0.05) is 20.3 Å². The molecule has 2 nitrogen and oxygen atoms in total. The minimum Gasteiger partial charge on any atom is -0.312 e. The zero-order chi connectivity index (χ0) is 9.68. The molecule has 2 unspecified atom stereocenters. The predicted molar refractivity (Wildman–Crippen MR) is 57.9 cm³/mol. The molecule has 0 aliphatic carbocycles. The molecule has 1 fully saturated rings. The van der Waals surface area contributed by atoms with Crippen LogP contribution >= 0.6 is 0 Å². The van der Waals surface area contributed by atoms with Gasteiger partial charge in [-0.2, -0.15) is 0 Å². The minimum atomic E-state index is 0.627. The second-order valence-electron chi connectivity index (χ2n) is 4.65. The molecule has 0 aromatic heterocycles. The molecule has 1 heterocycles. The molecule has 2 N–H and O–H groups in total. The van der Waals surface area contributed by atoms with E-state index in [9.17, 15) is 0 Å². The van der Waals surface area contributed by atoms with Gasteiger partial charge in [-0.25, -0.2) is 0 Å². The lowest BCUT2D eigenvalue weighted by molar-refractivity contribution is 0.317. The molecule has 2 atom stereocenters. The van der Waals surface area contributed by atoms with Crippen LogP contribution in [0.15, 0.2) is 0 Å². The van der Waals surface area contributed by atoms with E-state index >= 15 is 0 Å². The molecule has 1 aliphatic rings. The summed E-state index contributed by atoms with van der Waals surface area (Å²) in [5.74, 6) is 0.756. The van der Waals surface area contributed by atoms with Crippen LogP contribution in [0.2, 0.25) is 0 Å². The Bertz CT molecular complexity index is 128. The van der Waals surface area contributed by atoms with Crippen LogP contribution < -0.4 is 10.6 Å². The van der Waals surface area contributed by atoms with E-state index in [4.69, 9.17) is 0 Å².